The lowest BCUT2D eigenvalue weighted by atomic mass is 10.2. The van der Waals surface area contributed by atoms with E-state index in [4.69, 9.17) is 9.47 Å². The number of nitrogens with one attached hydrogen (secondary N) is 2. The number of aromatic nitrogens is 1. The van der Waals surface area contributed by atoms with Crippen molar-refractivity contribution in [3.8, 4) is 0 Å². The molecule has 2 N–H and O–H groups in total. The number of halogens is 2. The van der Waals surface area contributed by atoms with Gasteiger partial charge in [-0.3, -0.25) is 4.79 Å². The summed E-state index contributed by atoms with van der Waals surface area (Å²) in [4.78, 5) is 18.6. The van der Waals surface area contributed by atoms with E-state index in [1.165, 1.54) is 0 Å². The Morgan fingerprint density at radius 2 is 2.04 bits per heavy atom. The largest absolute Gasteiger partial charge is 0.378 e. The lowest BCUT2D eigenvalue weighted by molar-refractivity contribution is -0.122. The molecule has 25 heavy (non-hydrogen) atoms. The molecule has 0 radical (unpaired) electrons. The van der Waals surface area contributed by atoms with E-state index in [0.29, 0.717) is 19.6 Å². The topological polar surface area (TPSA) is 75.7 Å². The Kier molecular flexibility index (Phi) is 10.1. The molecular formula is C16H26Cl2N4O3. The number of hydrogen-bond donors (Lipinski definition) is 2. The summed E-state index contributed by atoms with van der Waals surface area (Å²) < 4.78 is 10.7. The fraction of sp³-hybridized carbons (Fsp3) is 0.625. The van der Waals surface area contributed by atoms with Crippen LogP contribution < -0.4 is 15.5 Å². The van der Waals surface area contributed by atoms with Crippen LogP contribution in [0, 0.1) is 0 Å². The third kappa shape index (κ3) is 6.95. The number of anilines is 1. The van der Waals surface area contributed by atoms with Crippen LogP contribution >= 0.6 is 24.8 Å². The number of nitrogens with zero attached hydrogens (tertiary/aromatic N) is 2. The number of amides is 1. The zero-order chi connectivity index (χ0) is 15.9. The summed E-state index contributed by atoms with van der Waals surface area (Å²) in [5.41, 5.74) is 1.00. The van der Waals surface area contributed by atoms with Gasteiger partial charge in [-0.05, 0) is 11.6 Å². The van der Waals surface area contributed by atoms with E-state index in [1.54, 1.807) is 0 Å². The zero-order valence-electron chi connectivity index (χ0n) is 14.1. The smallest absolute Gasteiger partial charge is 0.221 e. The number of hydrogen-bond acceptors (Lipinski definition) is 6. The molecule has 0 bridgehead atoms. The first-order valence-electron chi connectivity index (χ1n) is 8.17. The molecular weight excluding hydrogens is 367 g/mol. The molecule has 1 aromatic heterocycles. The summed E-state index contributed by atoms with van der Waals surface area (Å²) in [7, 11) is 0. The quantitative estimate of drug-likeness (QED) is 0.770. The lowest BCUT2D eigenvalue weighted by Gasteiger charge is -2.27. The van der Waals surface area contributed by atoms with Gasteiger partial charge in [0.15, 0.2) is 0 Å². The molecule has 2 aliphatic rings. The Labute approximate surface area is 160 Å². The van der Waals surface area contributed by atoms with E-state index in [9.17, 15) is 4.79 Å². The van der Waals surface area contributed by atoms with Gasteiger partial charge in [0, 0.05) is 44.8 Å². The van der Waals surface area contributed by atoms with Crippen LogP contribution in [-0.4, -0.2) is 63.0 Å². The second-order valence-corrected chi connectivity index (χ2v) is 5.83. The molecule has 0 saturated carbocycles. The third-order valence-corrected chi connectivity index (χ3v) is 4.06. The van der Waals surface area contributed by atoms with Gasteiger partial charge in [0.2, 0.25) is 5.91 Å². The van der Waals surface area contributed by atoms with Gasteiger partial charge in [-0.2, -0.15) is 0 Å². The molecule has 1 aromatic rings. The highest BCUT2D eigenvalue weighted by Crippen LogP contribution is 2.13. The second-order valence-electron chi connectivity index (χ2n) is 5.83. The van der Waals surface area contributed by atoms with Crippen LogP contribution in [0.4, 0.5) is 5.82 Å². The SMILES string of the molecule is Cl.Cl.O=C(CC1COCCN1)NCc1ccc(N2CCOCC2)nc1. The Morgan fingerprint density at radius 3 is 2.68 bits per heavy atom. The summed E-state index contributed by atoms with van der Waals surface area (Å²) in [6.07, 6.45) is 2.27. The molecule has 3 heterocycles. The first-order valence-corrected chi connectivity index (χ1v) is 8.17. The summed E-state index contributed by atoms with van der Waals surface area (Å²) in [6.45, 7) is 5.88. The van der Waals surface area contributed by atoms with E-state index >= 15 is 0 Å². The van der Waals surface area contributed by atoms with Crippen molar-refractivity contribution in [1.82, 2.24) is 15.6 Å². The van der Waals surface area contributed by atoms with Crippen molar-refractivity contribution in [3.63, 3.8) is 0 Å². The van der Waals surface area contributed by atoms with Gasteiger partial charge in [-0.15, -0.1) is 24.8 Å². The van der Waals surface area contributed by atoms with Crippen molar-refractivity contribution >= 4 is 36.5 Å². The van der Waals surface area contributed by atoms with Crippen LogP contribution in [0.5, 0.6) is 0 Å². The predicted molar refractivity (Wildman–Crippen MR) is 101 cm³/mol. The molecule has 1 unspecified atom stereocenters. The van der Waals surface area contributed by atoms with Crippen molar-refractivity contribution in [1.29, 1.82) is 0 Å². The molecule has 9 heteroatoms. The average Bonchev–Trinajstić information content (AvgIpc) is 2.62. The average molecular weight is 393 g/mol. The Bertz CT molecular complexity index is 507. The predicted octanol–water partition coefficient (Wildman–Crippen LogP) is 0.757. The Hall–Kier alpha value is -1.12. The molecule has 2 saturated heterocycles. The molecule has 2 fully saturated rings. The number of pyridine rings is 1. The number of carbonyl (C=O) groups is 1. The normalized spacial score (nSPS) is 20.2. The molecule has 0 aromatic carbocycles. The minimum absolute atomic E-state index is 0. The van der Waals surface area contributed by atoms with Crippen molar-refractivity contribution in [2.24, 2.45) is 0 Å². The Balaban J connectivity index is 0.00000156. The van der Waals surface area contributed by atoms with Gasteiger partial charge in [0.25, 0.3) is 0 Å². The van der Waals surface area contributed by atoms with Crippen LogP contribution in [0.15, 0.2) is 18.3 Å². The highest BCUT2D eigenvalue weighted by molar-refractivity contribution is 5.85. The van der Waals surface area contributed by atoms with E-state index in [1.807, 2.05) is 18.3 Å². The molecule has 3 rings (SSSR count). The minimum atomic E-state index is 0. The monoisotopic (exact) mass is 392 g/mol. The van der Waals surface area contributed by atoms with E-state index in [2.05, 4.69) is 20.5 Å². The maximum absolute atomic E-state index is 11.9. The summed E-state index contributed by atoms with van der Waals surface area (Å²) in [6, 6.07) is 4.13. The van der Waals surface area contributed by atoms with Crippen LogP contribution in [0.3, 0.4) is 0 Å². The van der Waals surface area contributed by atoms with Gasteiger partial charge < -0.3 is 25.0 Å². The number of ether oxygens (including phenoxy) is 2. The molecule has 142 valence electrons. The molecule has 2 aliphatic heterocycles. The van der Waals surface area contributed by atoms with Crippen LogP contribution in [-0.2, 0) is 20.8 Å². The fourth-order valence-corrected chi connectivity index (χ4v) is 2.75. The first kappa shape index (κ1) is 21.9. The standard InChI is InChI=1S/C16H24N4O3.2ClH/c21-16(9-14-12-23-6-3-17-14)19-11-13-1-2-15(18-10-13)20-4-7-22-8-5-20;;/h1-2,10,14,17H,3-9,11-12H2,(H,19,21);2*1H. The molecule has 7 nitrogen and oxygen atoms in total. The summed E-state index contributed by atoms with van der Waals surface area (Å²) >= 11 is 0. The van der Waals surface area contributed by atoms with Crippen molar-refractivity contribution in [2.75, 3.05) is 51.0 Å². The van der Waals surface area contributed by atoms with E-state index in [-0.39, 0.29) is 36.8 Å². The van der Waals surface area contributed by atoms with Gasteiger partial charge in [0.05, 0.1) is 26.4 Å². The van der Waals surface area contributed by atoms with Crippen molar-refractivity contribution in [3.05, 3.63) is 23.9 Å². The van der Waals surface area contributed by atoms with Crippen molar-refractivity contribution in [2.45, 2.75) is 19.0 Å². The van der Waals surface area contributed by atoms with Gasteiger partial charge in [-0.1, -0.05) is 6.07 Å². The highest BCUT2D eigenvalue weighted by atomic mass is 35.5. The fourth-order valence-electron chi connectivity index (χ4n) is 2.75. The maximum atomic E-state index is 11.9. The van der Waals surface area contributed by atoms with Crippen LogP contribution in [0.1, 0.15) is 12.0 Å². The molecule has 1 atom stereocenters. The molecule has 1 amide bonds. The van der Waals surface area contributed by atoms with Gasteiger partial charge in [0.1, 0.15) is 5.82 Å². The number of rotatable bonds is 5. The third-order valence-electron chi connectivity index (χ3n) is 4.06. The van der Waals surface area contributed by atoms with Gasteiger partial charge in [-0.25, -0.2) is 4.98 Å². The van der Waals surface area contributed by atoms with E-state index < -0.39 is 0 Å². The van der Waals surface area contributed by atoms with Crippen LogP contribution in [0.25, 0.3) is 0 Å². The maximum Gasteiger partial charge on any atom is 0.221 e. The highest BCUT2D eigenvalue weighted by Gasteiger charge is 2.16. The summed E-state index contributed by atoms with van der Waals surface area (Å²) in [5.74, 6) is 0.997. The number of morpholine rings is 2. The molecule has 0 spiro atoms. The van der Waals surface area contributed by atoms with E-state index in [0.717, 1.165) is 50.8 Å². The molecule has 0 aliphatic carbocycles. The minimum Gasteiger partial charge on any atom is -0.378 e. The zero-order valence-corrected chi connectivity index (χ0v) is 15.7. The van der Waals surface area contributed by atoms with Crippen molar-refractivity contribution < 1.29 is 14.3 Å². The number of carbonyl (C=O) groups excluding carboxylic acids is 1. The Morgan fingerprint density at radius 1 is 1.24 bits per heavy atom. The lowest BCUT2D eigenvalue weighted by Crippen LogP contribution is -2.44. The first-order chi connectivity index (χ1) is 11.3. The van der Waals surface area contributed by atoms with Gasteiger partial charge >= 0.3 is 0 Å². The second kappa shape index (κ2) is 11.5. The van der Waals surface area contributed by atoms with Crippen LogP contribution in [0.2, 0.25) is 0 Å². The summed E-state index contributed by atoms with van der Waals surface area (Å²) in [5, 5.41) is 6.22.